The molecule has 6 heteroatoms. The fourth-order valence-corrected chi connectivity index (χ4v) is 3.25. The molecule has 0 spiro atoms. The minimum atomic E-state index is -3.38. The minimum absolute atomic E-state index is 0.0108. The van der Waals surface area contributed by atoms with E-state index in [9.17, 15) is 13.2 Å². The lowest BCUT2D eigenvalue weighted by Gasteiger charge is -2.17. The van der Waals surface area contributed by atoms with Crippen molar-refractivity contribution >= 4 is 21.4 Å². The Bertz CT molecular complexity index is 564. The van der Waals surface area contributed by atoms with E-state index in [1.807, 2.05) is 30.9 Å². The predicted octanol–water partition coefficient (Wildman–Crippen LogP) is 1.94. The summed E-state index contributed by atoms with van der Waals surface area (Å²) in [7, 11) is -3.38. The van der Waals surface area contributed by atoms with Crippen molar-refractivity contribution in [2.24, 2.45) is 0 Å². The molecule has 0 aromatic heterocycles. The second-order valence-electron chi connectivity index (χ2n) is 5.22. The molecule has 0 radical (unpaired) electrons. The van der Waals surface area contributed by atoms with E-state index in [4.69, 9.17) is 0 Å². The van der Waals surface area contributed by atoms with Crippen LogP contribution in [0, 0.1) is 0 Å². The number of carbonyl (C=O) groups is 1. The largest absolute Gasteiger partial charge is 0.325 e. The average molecular weight is 326 g/mol. The van der Waals surface area contributed by atoms with E-state index in [0.29, 0.717) is 12.2 Å². The Kier molecular flexibility index (Phi) is 7.55. The Morgan fingerprint density at radius 3 is 2.18 bits per heavy atom. The van der Waals surface area contributed by atoms with Crippen LogP contribution < -0.4 is 5.32 Å². The fourth-order valence-electron chi connectivity index (χ4n) is 2.10. The van der Waals surface area contributed by atoms with Gasteiger partial charge in [0, 0.05) is 12.2 Å². The lowest BCUT2D eigenvalue weighted by atomic mass is 10.1. The van der Waals surface area contributed by atoms with Crippen LogP contribution in [0.5, 0.6) is 0 Å². The van der Waals surface area contributed by atoms with Gasteiger partial charge in [-0.25, -0.2) is 8.42 Å². The van der Waals surface area contributed by atoms with Crippen molar-refractivity contribution in [2.75, 3.05) is 36.5 Å². The van der Waals surface area contributed by atoms with Crippen molar-refractivity contribution < 1.29 is 13.2 Å². The molecule has 0 atom stereocenters. The number of amides is 1. The Morgan fingerprint density at radius 1 is 1.09 bits per heavy atom. The first-order valence-electron chi connectivity index (χ1n) is 7.71. The van der Waals surface area contributed by atoms with Gasteiger partial charge in [0.15, 0.2) is 9.84 Å². The molecule has 0 aliphatic carbocycles. The summed E-state index contributed by atoms with van der Waals surface area (Å²) in [6, 6.07) is 7.42. The second-order valence-corrected chi connectivity index (χ2v) is 7.40. The van der Waals surface area contributed by atoms with Gasteiger partial charge in [0.2, 0.25) is 5.91 Å². The first-order valence-corrected chi connectivity index (χ1v) is 9.53. The Morgan fingerprint density at radius 2 is 1.68 bits per heavy atom. The number of hydrogen-bond donors (Lipinski definition) is 1. The van der Waals surface area contributed by atoms with Crippen LogP contribution in [0.1, 0.15) is 26.3 Å². The molecule has 0 saturated carbocycles. The lowest BCUT2D eigenvalue weighted by molar-refractivity contribution is -0.113. The number of nitrogens with zero attached hydrogens (tertiary/aromatic N) is 1. The number of carbonyl (C=O) groups excluding carboxylic acids is 1. The third-order valence-corrected chi connectivity index (χ3v) is 5.12. The maximum Gasteiger partial charge on any atom is 0.239 e. The van der Waals surface area contributed by atoms with Crippen LogP contribution in [-0.2, 0) is 21.1 Å². The van der Waals surface area contributed by atoms with Crippen LogP contribution in [0.2, 0.25) is 0 Å². The van der Waals surface area contributed by atoms with Crippen molar-refractivity contribution in [3.63, 3.8) is 0 Å². The average Bonchev–Trinajstić information content (AvgIpc) is 2.48. The molecule has 1 rings (SSSR count). The van der Waals surface area contributed by atoms with E-state index in [0.717, 1.165) is 19.5 Å². The molecule has 0 heterocycles. The third-order valence-electron chi connectivity index (χ3n) is 3.61. The quantitative estimate of drug-likeness (QED) is 0.753. The topological polar surface area (TPSA) is 66.5 Å². The summed E-state index contributed by atoms with van der Waals surface area (Å²) < 4.78 is 24.0. The number of nitrogens with one attached hydrogen (secondary N) is 1. The van der Waals surface area contributed by atoms with E-state index in [-0.39, 0.29) is 5.75 Å². The van der Waals surface area contributed by atoms with Gasteiger partial charge in [0.25, 0.3) is 0 Å². The molecular formula is C16H26N2O3S. The molecule has 0 saturated heterocycles. The zero-order valence-corrected chi connectivity index (χ0v) is 14.4. The molecule has 1 N–H and O–H groups in total. The highest BCUT2D eigenvalue weighted by Gasteiger charge is 2.17. The van der Waals surface area contributed by atoms with Gasteiger partial charge >= 0.3 is 0 Å². The summed E-state index contributed by atoms with van der Waals surface area (Å²) in [6.07, 6.45) is 0.925. The van der Waals surface area contributed by atoms with Gasteiger partial charge in [-0.2, -0.15) is 0 Å². The van der Waals surface area contributed by atoms with E-state index >= 15 is 0 Å². The van der Waals surface area contributed by atoms with E-state index in [1.165, 1.54) is 5.56 Å². The van der Waals surface area contributed by atoms with Gasteiger partial charge in [0.1, 0.15) is 5.75 Å². The molecule has 0 fully saturated rings. The van der Waals surface area contributed by atoms with Crippen molar-refractivity contribution in [2.45, 2.75) is 27.2 Å². The molecule has 22 heavy (non-hydrogen) atoms. The highest BCUT2D eigenvalue weighted by Crippen LogP contribution is 2.10. The van der Waals surface area contributed by atoms with Crippen LogP contribution >= 0.6 is 0 Å². The summed E-state index contributed by atoms with van der Waals surface area (Å²) in [4.78, 5) is 13.9. The molecule has 0 aliphatic rings. The van der Waals surface area contributed by atoms with Crippen molar-refractivity contribution in [3.8, 4) is 0 Å². The molecule has 1 aromatic carbocycles. The number of benzene rings is 1. The highest BCUT2D eigenvalue weighted by molar-refractivity contribution is 7.92. The second kappa shape index (κ2) is 8.90. The smallest absolute Gasteiger partial charge is 0.239 e. The molecule has 5 nitrogen and oxygen atoms in total. The molecule has 1 aromatic rings. The minimum Gasteiger partial charge on any atom is -0.325 e. The van der Waals surface area contributed by atoms with Crippen LogP contribution in [0.4, 0.5) is 5.69 Å². The first kappa shape index (κ1) is 18.6. The van der Waals surface area contributed by atoms with E-state index in [1.54, 1.807) is 12.1 Å². The fraction of sp³-hybridized carbons (Fsp3) is 0.562. The normalized spacial score (nSPS) is 11.6. The standard InChI is InChI=1S/C16H26N2O3S/c1-4-14-7-9-15(10-8-14)17-16(19)13-22(20,21)12-11-18(5-2)6-3/h7-10H,4-6,11-13H2,1-3H3,(H,17,19). The molecule has 1 amide bonds. The van der Waals surface area contributed by atoms with Crippen LogP contribution in [0.15, 0.2) is 24.3 Å². The number of hydrogen-bond acceptors (Lipinski definition) is 4. The Hall–Kier alpha value is -1.40. The number of sulfone groups is 1. The van der Waals surface area contributed by atoms with Crippen LogP contribution in [0.25, 0.3) is 0 Å². The van der Waals surface area contributed by atoms with Gasteiger partial charge in [0.05, 0.1) is 5.75 Å². The Balaban J connectivity index is 2.51. The predicted molar refractivity (Wildman–Crippen MR) is 90.9 cm³/mol. The van der Waals surface area contributed by atoms with E-state index < -0.39 is 21.5 Å². The van der Waals surface area contributed by atoms with Crippen LogP contribution in [0.3, 0.4) is 0 Å². The highest BCUT2D eigenvalue weighted by atomic mass is 32.2. The maximum atomic E-state index is 12.0. The van der Waals surface area contributed by atoms with Crippen LogP contribution in [-0.4, -0.2) is 50.4 Å². The molecular weight excluding hydrogens is 300 g/mol. The van der Waals surface area contributed by atoms with Gasteiger partial charge in [-0.05, 0) is 37.2 Å². The van der Waals surface area contributed by atoms with Crippen molar-refractivity contribution in [1.29, 1.82) is 0 Å². The summed E-state index contributed by atoms with van der Waals surface area (Å²) in [6.45, 7) is 8.11. The summed E-state index contributed by atoms with van der Waals surface area (Å²) in [5.74, 6) is -0.940. The summed E-state index contributed by atoms with van der Waals surface area (Å²) >= 11 is 0. The number of anilines is 1. The van der Waals surface area contributed by atoms with Gasteiger partial charge in [-0.1, -0.05) is 32.9 Å². The summed E-state index contributed by atoms with van der Waals surface area (Å²) in [5, 5.41) is 2.63. The molecule has 124 valence electrons. The Labute approximate surface area is 133 Å². The zero-order chi connectivity index (χ0) is 16.6. The number of aryl methyl sites for hydroxylation is 1. The number of rotatable bonds is 9. The monoisotopic (exact) mass is 326 g/mol. The van der Waals surface area contributed by atoms with Gasteiger partial charge < -0.3 is 10.2 Å². The lowest BCUT2D eigenvalue weighted by Crippen LogP contribution is -2.32. The molecule has 0 aliphatic heterocycles. The first-order chi connectivity index (χ1) is 10.4. The van der Waals surface area contributed by atoms with Gasteiger partial charge in [-0.3, -0.25) is 4.79 Å². The zero-order valence-electron chi connectivity index (χ0n) is 13.6. The third kappa shape index (κ3) is 6.58. The van der Waals surface area contributed by atoms with Crippen molar-refractivity contribution in [3.05, 3.63) is 29.8 Å². The molecule has 0 unspecified atom stereocenters. The van der Waals surface area contributed by atoms with E-state index in [2.05, 4.69) is 12.2 Å². The SMILES string of the molecule is CCc1ccc(NC(=O)CS(=O)(=O)CCN(CC)CC)cc1. The summed E-state index contributed by atoms with van der Waals surface area (Å²) in [5.41, 5.74) is 1.80. The van der Waals surface area contributed by atoms with Gasteiger partial charge in [-0.15, -0.1) is 0 Å². The van der Waals surface area contributed by atoms with Crippen molar-refractivity contribution in [1.82, 2.24) is 4.90 Å². The molecule has 0 bridgehead atoms. The maximum absolute atomic E-state index is 12.0.